The lowest BCUT2D eigenvalue weighted by atomic mass is 10.1. The molecule has 0 bridgehead atoms. The van der Waals surface area contributed by atoms with Gasteiger partial charge in [-0.2, -0.15) is 0 Å². The fourth-order valence-electron chi connectivity index (χ4n) is 2.97. The summed E-state index contributed by atoms with van der Waals surface area (Å²) >= 11 is 0. The van der Waals surface area contributed by atoms with Crippen LogP contribution in [0.5, 0.6) is 11.6 Å². The normalized spacial score (nSPS) is 10.7. The van der Waals surface area contributed by atoms with Crippen LogP contribution in [0.1, 0.15) is 5.56 Å². The molecule has 0 saturated carbocycles. The summed E-state index contributed by atoms with van der Waals surface area (Å²) in [5.41, 5.74) is 1.46. The second kappa shape index (κ2) is 7.89. The quantitative estimate of drug-likeness (QED) is 0.365. The van der Waals surface area contributed by atoms with Gasteiger partial charge in [-0.25, -0.2) is 9.37 Å². The summed E-state index contributed by atoms with van der Waals surface area (Å²) in [6, 6.07) is 14.2. The molecule has 8 heteroatoms. The molecule has 2 aromatic heterocycles. The van der Waals surface area contributed by atoms with E-state index in [1.807, 2.05) is 6.07 Å². The van der Waals surface area contributed by atoms with Crippen molar-refractivity contribution in [3.05, 3.63) is 94.7 Å². The van der Waals surface area contributed by atoms with Gasteiger partial charge in [-0.15, -0.1) is 0 Å². The van der Waals surface area contributed by atoms with Crippen LogP contribution < -0.4 is 10.1 Å². The molecular formula is C21H15FN4O3. The number of nitro groups is 1. The van der Waals surface area contributed by atoms with Gasteiger partial charge in [0.15, 0.2) is 0 Å². The summed E-state index contributed by atoms with van der Waals surface area (Å²) in [4.78, 5) is 19.0. The van der Waals surface area contributed by atoms with E-state index in [-0.39, 0.29) is 5.69 Å². The second-order valence-electron chi connectivity index (χ2n) is 6.19. The van der Waals surface area contributed by atoms with Crippen molar-refractivity contribution < 1.29 is 14.1 Å². The number of hydrogen-bond acceptors (Lipinski definition) is 6. The number of nitrogens with one attached hydrogen (secondary N) is 1. The summed E-state index contributed by atoms with van der Waals surface area (Å²) in [5, 5.41) is 15.7. The Balaban J connectivity index is 1.60. The standard InChI is InChI=1S/C21H15FN4O3/c22-15-4-1-5-16(11-15)29-21-14(3-2-9-24-21)12-25-19-6-7-20(26(27)28)18-13-23-10-8-17(18)19/h1-11,13,25H,12H2. The average Bonchev–Trinajstić information content (AvgIpc) is 2.73. The Hall–Kier alpha value is -4.07. The molecule has 0 atom stereocenters. The maximum absolute atomic E-state index is 13.4. The molecule has 0 aliphatic carbocycles. The molecule has 0 aliphatic heterocycles. The van der Waals surface area contributed by atoms with Crippen molar-refractivity contribution in [1.82, 2.24) is 9.97 Å². The number of aromatic nitrogens is 2. The Kier molecular flexibility index (Phi) is 4.98. The molecule has 0 radical (unpaired) electrons. The minimum Gasteiger partial charge on any atom is -0.439 e. The van der Waals surface area contributed by atoms with E-state index < -0.39 is 10.7 Å². The minimum atomic E-state index is -0.431. The number of fused-ring (bicyclic) bond motifs is 1. The number of non-ortho nitro benzene ring substituents is 1. The van der Waals surface area contributed by atoms with Crippen LogP contribution in [0.25, 0.3) is 10.8 Å². The third-order valence-electron chi connectivity index (χ3n) is 4.32. The number of nitrogens with zero attached hydrogens (tertiary/aromatic N) is 3. The zero-order chi connectivity index (χ0) is 20.2. The predicted molar refractivity (Wildman–Crippen MR) is 106 cm³/mol. The van der Waals surface area contributed by atoms with Crippen LogP contribution >= 0.6 is 0 Å². The maximum Gasteiger partial charge on any atom is 0.278 e. The van der Waals surface area contributed by atoms with Gasteiger partial charge in [-0.3, -0.25) is 15.1 Å². The lowest BCUT2D eigenvalue weighted by molar-refractivity contribution is -0.383. The van der Waals surface area contributed by atoms with Crippen molar-refractivity contribution in [3.63, 3.8) is 0 Å². The van der Waals surface area contributed by atoms with Crippen LogP contribution in [-0.2, 0) is 6.54 Å². The zero-order valence-electron chi connectivity index (χ0n) is 15.1. The van der Waals surface area contributed by atoms with Crippen molar-refractivity contribution in [2.75, 3.05) is 5.32 Å². The molecule has 1 N–H and O–H groups in total. The number of hydrogen-bond donors (Lipinski definition) is 1. The van der Waals surface area contributed by atoms with Crippen molar-refractivity contribution >= 4 is 22.1 Å². The molecule has 0 unspecified atom stereocenters. The predicted octanol–water partition coefficient (Wildman–Crippen LogP) is 5.08. The monoisotopic (exact) mass is 390 g/mol. The van der Waals surface area contributed by atoms with Gasteiger partial charge in [0.05, 0.1) is 10.3 Å². The van der Waals surface area contributed by atoms with E-state index in [0.29, 0.717) is 34.6 Å². The molecule has 4 aromatic rings. The first-order valence-electron chi connectivity index (χ1n) is 8.74. The van der Waals surface area contributed by atoms with E-state index >= 15 is 0 Å². The molecule has 0 spiro atoms. The number of anilines is 1. The van der Waals surface area contributed by atoms with Gasteiger partial charge in [-0.05, 0) is 30.3 Å². The highest BCUT2D eigenvalue weighted by molar-refractivity contribution is 5.99. The van der Waals surface area contributed by atoms with Crippen molar-refractivity contribution in [2.45, 2.75) is 6.54 Å². The Morgan fingerprint density at radius 3 is 2.79 bits per heavy atom. The van der Waals surface area contributed by atoms with Crippen LogP contribution in [0.4, 0.5) is 15.8 Å². The van der Waals surface area contributed by atoms with Gasteiger partial charge in [0.25, 0.3) is 5.69 Å². The van der Waals surface area contributed by atoms with E-state index in [9.17, 15) is 14.5 Å². The fourth-order valence-corrected chi connectivity index (χ4v) is 2.97. The van der Waals surface area contributed by atoms with Crippen LogP contribution in [0, 0.1) is 15.9 Å². The van der Waals surface area contributed by atoms with E-state index in [0.717, 1.165) is 5.56 Å². The third kappa shape index (κ3) is 3.96. The third-order valence-corrected chi connectivity index (χ3v) is 4.32. The van der Waals surface area contributed by atoms with Crippen LogP contribution in [0.2, 0.25) is 0 Å². The number of rotatable bonds is 6. The molecule has 0 amide bonds. The van der Waals surface area contributed by atoms with Gasteiger partial charge in [-0.1, -0.05) is 12.1 Å². The largest absolute Gasteiger partial charge is 0.439 e. The Morgan fingerprint density at radius 1 is 1.07 bits per heavy atom. The van der Waals surface area contributed by atoms with Gasteiger partial charge in [0, 0.05) is 53.9 Å². The highest BCUT2D eigenvalue weighted by Gasteiger charge is 2.15. The summed E-state index contributed by atoms with van der Waals surface area (Å²) in [7, 11) is 0. The molecule has 0 fully saturated rings. The molecule has 7 nitrogen and oxygen atoms in total. The summed E-state index contributed by atoms with van der Waals surface area (Å²) in [6.45, 7) is 0.355. The van der Waals surface area contributed by atoms with Gasteiger partial charge >= 0.3 is 0 Å². The SMILES string of the molecule is O=[N+]([O-])c1ccc(NCc2cccnc2Oc2cccc(F)c2)c2ccncc12. The summed E-state index contributed by atoms with van der Waals surface area (Å²) in [5.74, 6) is 0.291. The number of ether oxygens (including phenoxy) is 1. The van der Waals surface area contributed by atoms with Gasteiger partial charge in [0.1, 0.15) is 11.6 Å². The van der Waals surface area contributed by atoms with E-state index in [2.05, 4.69) is 15.3 Å². The Labute approximate surface area is 165 Å². The number of nitro benzene ring substituents is 1. The van der Waals surface area contributed by atoms with Gasteiger partial charge in [0.2, 0.25) is 5.88 Å². The number of benzene rings is 2. The molecule has 2 heterocycles. The lowest BCUT2D eigenvalue weighted by Crippen LogP contribution is -2.03. The van der Waals surface area contributed by atoms with Crippen LogP contribution in [0.15, 0.2) is 73.2 Å². The summed E-state index contributed by atoms with van der Waals surface area (Å²) < 4.78 is 19.1. The Morgan fingerprint density at radius 2 is 1.97 bits per heavy atom. The second-order valence-corrected chi connectivity index (χ2v) is 6.19. The first-order valence-corrected chi connectivity index (χ1v) is 8.74. The molecular weight excluding hydrogens is 375 g/mol. The molecule has 144 valence electrons. The highest BCUT2D eigenvalue weighted by Crippen LogP contribution is 2.31. The Bertz CT molecular complexity index is 1200. The lowest BCUT2D eigenvalue weighted by Gasteiger charge is -2.13. The molecule has 2 aromatic carbocycles. The fraction of sp³-hybridized carbons (Fsp3) is 0.0476. The average molecular weight is 390 g/mol. The first-order chi connectivity index (χ1) is 14.1. The minimum absolute atomic E-state index is 0.00449. The molecule has 0 aliphatic rings. The van der Waals surface area contributed by atoms with Crippen LogP contribution in [0.3, 0.4) is 0 Å². The van der Waals surface area contributed by atoms with Crippen molar-refractivity contribution in [1.29, 1.82) is 0 Å². The zero-order valence-corrected chi connectivity index (χ0v) is 15.1. The first kappa shape index (κ1) is 18.3. The van der Waals surface area contributed by atoms with Gasteiger partial charge < -0.3 is 10.1 Å². The van der Waals surface area contributed by atoms with E-state index in [1.165, 1.54) is 24.4 Å². The van der Waals surface area contributed by atoms with Crippen molar-refractivity contribution in [2.24, 2.45) is 0 Å². The smallest absolute Gasteiger partial charge is 0.278 e. The highest BCUT2D eigenvalue weighted by atomic mass is 19.1. The van der Waals surface area contributed by atoms with E-state index in [4.69, 9.17) is 4.74 Å². The van der Waals surface area contributed by atoms with Crippen LogP contribution in [-0.4, -0.2) is 14.9 Å². The van der Waals surface area contributed by atoms with E-state index in [1.54, 1.807) is 42.7 Å². The topological polar surface area (TPSA) is 90.2 Å². The maximum atomic E-state index is 13.4. The molecule has 0 saturated heterocycles. The molecule has 29 heavy (non-hydrogen) atoms. The summed E-state index contributed by atoms with van der Waals surface area (Å²) in [6.07, 6.45) is 4.64. The number of halogens is 1. The van der Waals surface area contributed by atoms with Crippen molar-refractivity contribution in [3.8, 4) is 11.6 Å². The molecule has 4 rings (SSSR count). The number of pyridine rings is 2.